The number of nitrogens with zero attached hydrogens (tertiary/aromatic N) is 2. The molecule has 0 amide bonds. The predicted octanol–water partition coefficient (Wildman–Crippen LogP) is 3.62. The summed E-state index contributed by atoms with van der Waals surface area (Å²) in [4.78, 5) is 0. The fraction of sp³-hybridized carbons (Fsp3) is 0.500. The van der Waals surface area contributed by atoms with E-state index in [4.69, 9.17) is 10.2 Å². The van der Waals surface area contributed by atoms with Crippen LogP contribution in [0.2, 0.25) is 0 Å². The van der Waals surface area contributed by atoms with Crippen LogP contribution >= 0.6 is 15.9 Å². The lowest BCUT2D eigenvalue weighted by Crippen LogP contribution is -2.19. The first-order valence-electron chi connectivity index (χ1n) is 6.50. The van der Waals surface area contributed by atoms with E-state index < -0.39 is 0 Å². The van der Waals surface area contributed by atoms with Crippen molar-refractivity contribution in [2.24, 2.45) is 5.73 Å². The van der Waals surface area contributed by atoms with E-state index >= 15 is 0 Å². The van der Waals surface area contributed by atoms with Gasteiger partial charge in [0.2, 0.25) is 0 Å². The van der Waals surface area contributed by atoms with Gasteiger partial charge in [-0.25, -0.2) is 0 Å². The first kappa shape index (κ1) is 14.3. The summed E-state index contributed by atoms with van der Waals surface area (Å²) in [7, 11) is 0. The van der Waals surface area contributed by atoms with Crippen LogP contribution in [0.1, 0.15) is 47.7 Å². The van der Waals surface area contributed by atoms with Crippen LogP contribution in [0.4, 0.5) is 0 Å². The Bertz CT molecular complexity index is 586. The molecule has 2 aromatic heterocycles. The maximum Gasteiger partial charge on any atom is 0.106 e. The second-order valence-corrected chi connectivity index (χ2v) is 5.69. The Morgan fingerprint density at radius 1 is 1.37 bits per heavy atom. The van der Waals surface area contributed by atoms with Gasteiger partial charge in [-0.15, -0.1) is 0 Å². The van der Waals surface area contributed by atoms with Crippen LogP contribution in [0.25, 0.3) is 0 Å². The first-order chi connectivity index (χ1) is 8.97. The van der Waals surface area contributed by atoms with Crippen LogP contribution < -0.4 is 5.73 Å². The normalized spacial score (nSPS) is 12.9. The molecule has 4 nitrogen and oxygen atoms in total. The van der Waals surface area contributed by atoms with Crippen molar-refractivity contribution in [1.82, 2.24) is 9.78 Å². The van der Waals surface area contributed by atoms with Crippen molar-refractivity contribution in [3.63, 3.8) is 0 Å². The van der Waals surface area contributed by atoms with Gasteiger partial charge in [0.05, 0.1) is 22.4 Å². The molecule has 1 atom stereocenters. The summed E-state index contributed by atoms with van der Waals surface area (Å²) in [6.45, 7) is 8.98. The number of hydrogen-bond acceptors (Lipinski definition) is 3. The molecule has 0 aliphatic carbocycles. The average molecular weight is 326 g/mol. The molecule has 0 bridgehead atoms. The molecule has 2 aromatic rings. The number of aryl methyl sites for hydroxylation is 3. The summed E-state index contributed by atoms with van der Waals surface area (Å²) in [5.74, 6) is 1.82. The van der Waals surface area contributed by atoms with Crippen LogP contribution in [-0.2, 0) is 6.54 Å². The maximum atomic E-state index is 6.46. The largest absolute Gasteiger partial charge is 0.466 e. The molecule has 2 N–H and O–H groups in total. The molecular weight excluding hydrogens is 306 g/mol. The smallest absolute Gasteiger partial charge is 0.106 e. The van der Waals surface area contributed by atoms with Crippen LogP contribution in [-0.4, -0.2) is 9.78 Å². The van der Waals surface area contributed by atoms with Gasteiger partial charge in [0.1, 0.15) is 11.5 Å². The van der Waals surface area contributed by atoms with E-state index in [1.165, 1.54) is 0 Å². The Morgan fingerprint density at radius 2 is 2.05 bits per heavy atom. The van der Waals surface area contributed by atoms with E-state index in [1.54, 1.807) is 0 Å². The molecule has 2 heterocycles. The fourth-order valence-corrected chi connectivity index (χ4v) is 3.02. The minimum Gasteiger partial charge on any atom is -0.466 e. The number of furan rings is 1. The Morgan fingerprint density at radius 3 is 2.58 bits per heavy atom. The van der Waals surface area contributed by atoms with E-state index in [1.807, 2.05) is 24.7 Å². The molecule has 2 rings (SSSR count). The second-order valence-electron chi connectivity index (χ2n) is 4.83. The van der Waals surface area contributed by atoms with Crippen LogP contribution in [0, 0.1) is 20.8 Å². The molecule has 19 heavy (non-hydrogen) atoms. The molecule has 0 saturated heterocycles. The van der Waals surface area contributed by atoms with Crippen molar-refractivity contribution in [1.29, 1.82) is 0 Å². The zero-order valence-electron chi connectivity index (χ0n) is 11.8. The van der Waals surface area contributed by atoms with Crippen LogP contribution in [0.5, 0.6) is 0 Å². The molecule has 0 fully saturated rings. The van der Waals surface area contributed by atoms with Crippen LogP contribution in [0.3, 0.4) is 0 Å². The van der Waals surface area contributed by atoms with Crippen molar-refractivity contribution in [3.05, 3.63) is 39.0 Å². The van der Waals surface area contributed by atoms with E-state index in [2.05, 4.69) is 34.9 Å². The summed E-state index contributed by atoms with van der Waals surface area (Å²) in [5.41, 5.74) is 9.66. The molecule has 1 unspecified atom stereocenters. The van der Waals surface area contributed by atoms with Gasteiger partial charge in [0.25, 0.3) is 0 Å². The first-order valence-corrected chi connectivity index (χ1v) is 7.29. The molecule has 0 aliphatic rings. The summed E-state index contributed by atoms with van der Waals surface area (Å²) in [6, 6.07) is -0.221. The van der Waals surface area contributed by atoms with Gasteiger partial charge in [-0.2, -0.15) is 5.10 Å². The van der Waals surface area contributed by atoms with E-state index in [9.17, 15) is 0 Å². The summed E-state index contributed by atoms with van der Waals surface area (Å²) in [6.07, 6.45) is 2.83. The lowest BCUT2D eigenvalue weighted by atomic mass is 10.00. The van der Waals surface area contributed by atoms with Crippen molar-refractivity contribution >= 4 is 15.9 Å². The molecule has 0 aromatic carbocycles. The number of halogens is 1. The highest BCUT2D eigenvalue weighted by Crippen LogP contribution is 2.33. The molecule has 0 spiro atoms. The van der Waals surface area contributed by atoms with E-state index in [0.29, 0.717) is 0 Å². The van der Waals surface area contributed by atoms with Gasteiger partial charge in [-0.3, -0.25) is 4.68 Å². The molecule has 0 saturated carbocycles. The summed E-state index contributed by atoms with van der Waals surface area (Å²) < 4.78 is 8.60. The Kier molecular flexibility index (Phi) is 4.16. The Balaban J connectivity index is 2.49. The maximum absolute atomic E-state index is 6.46. The van der Waals surface area contributed by atoms with Crippen molar-refractivity contribution in [3.8, 4) is 0 Å². The van der Waals surface area contributed by atoms with Gasteiger partial charge in [0.15, 0.2) is 0 Å². The molecule has 0 aliphatic heterocycles. The van der Waals surface area contributed by atoms with Gasteiger partial charge < -0.3 is 10.2 Å². The average Bonchev–Trinajstić information content (AvgIpc) is 2.81. The number of rotatable bonds is 4. The zero-order valence-corrected chi connectivity index (χ0v) is 13.4. The highest BCUT2D eigenvalue weighted by molar-refractivity contribution is 9.10. The number of hydrogen-bond donors (Lipinski definition) is 1. The summed E-state index contributed by atoms with van der Waals surface area (Å²) in [5, 5.41) is 4.38. The van der Waals surface area contributed by atoms with E-state index in [-0.39, 0.29) is 6.04 Å². The lowest BCUT2D eigenvalue weighted by molar-refractivity contribution is 0.495. The molecule has 5 heteroatoms. The predicted molar refractivity (Wildman–Crippen MR) is 79.2 cm³/mol. The minimum absolute atomic E-state index is 0.221. The minimum atomic E-state index is -0.221. The second kappa shape index (κ2) is 5.51. The topological polar surface area (TPSA) is 57.0 Å². The van der Waals surface area contributed by atoms with Gasteiger partial charge in [0, 0.05) is 12.1 Å². The molecule has 104 valence electrons. The highest BCUT2D eigenvalue weighted by atomic mass is 79.9. The lowest BCUT2D eigenvalue weighted by Gasteiger charge is -2.15. The summed E-state index contributed by atoms with van der Waals surface area (Å²) >= 11 is 3.55. The van der Waals surface area contributed by atoms with Crippen LogP contribution in [0.15, 0.2) is 15.1 Å². The third-order valence-corrected chi connectivity index (χ3v) is 4.10. The highest BCUT2D eigenvalue weighted by Gasteiger charge is 2.24. The zero-order chi connectivity index (χ0) is 14.2. The Hall–Kier alpha value is -1.07. The quantitative estimate of drug-likeness (QED) is 0.933. The molecule has 0 radical (unpaired) electrons. The van der Waals surface area contributed by atoms with Gasteiger partial charge >= 0.3 is 0 Å². The SMILES string of the molecule is CCCn1ncc(Br)c1C(N)c1c(C)oc(C)c1C. The Labute approximate surface area is 122 Å². The number of aromatic nitrogens is 2. The van der Waals surface area contributed by atoms with Gasteiger partial charge in [-0.05, 0) is 48.7 Å². The van der Waals surface area contributed by atoms with Crippen molar-refractivity contribution in [2.45, 2.75) is 46.7 Å². The third-order valence-electron chi connectivity index (χ3n) is 3.49. The standard InChI is InChI=1S/C14H20BrN3O/c1-5-6-18-14(11(15)7-17-18)13(16)12-8(2)9(3)19-10(12)4/h7,13H,5-6,16H2,1-4H3. The molecular formula is C14H20BrN3O. The monoisotopic (exact) mass is 325 g/mol. The van der Waals surface area contributed by atoms with Crippen molar-refractivity contribution < 1.29 is 4.42 Å². The number of nitrogens with two attached hydrogens (primary N) is 1. The van der Waals surface area contributed by atoms with Gasteiger partial charge in [-0.1, -0.05) is 6.92 Å². The van der Waals surface area contributed by atoms with Crippen molar-refractivity contribution in [2.75, 3.05) is 0 Å². The third kappa shape index (κ3) is 2.49. The fourth-order valence-electron chi connectivity index (χ4n) is 2.47. The van der Waals surface area contributed by atoms with E-state index in [0.717, 1.165) is 45.8 Å².